The number of allylic oxidation sites excluding steroid dienone is 1. The molecule has 40 heavy (non-hydrogen) atoms. The first-order valence-corrected chi connectivity index (χ1v) is 17.9. The van der Waals surface area contributed by atoms with Gasteiger partial charge in [0.1, 0.15) is 0 Å². The van der Waals surface area contributed by atoms with Crippen molar-refractivity contribution in [3.05, 3.63) is 12.3 Å². The zero-order valence-corrected chi connectivity index (χ0v) is 27.6. The van der Waals surface area contributed by atoms with Crippen molar-refractivity contribution in [3.8, 4) is 0 Å². The lowest BCUT2D eigenvalue weighted by atomic mass is 10.1. The fraction of sp³-hybridized carbons (Fsp3) is 0.944. The molecule has 0 bridgehead atoms. The molecule has 0 aromatic heterocycles. The topological polar surface area (TPSA) is 36.9 Å². The highest BCUT2D eigenvalue weighted by Gasteiger charge is 2.09. The molecule has 0 N–H and O–H groups in total. The van der Waals surface area contributed by atoms with Crippen LogP contribution in [0, 0.1) is 0 Å². The summed E-state index contributed by atoms with van der Waals surface area (Å²) in [7, 11) is 0. The van der Waals surface area contributed by atoms with Crippen molar-refractivity contribution in [3.63, 3.8) is 0 Å². The van der Waals surface area contributed by atoms with Crippen molar-refractivity contribution in [2.45, 2.75) is 194 Å². The average molecular weight is 569 g/mol. The van der Waals surface area contributed by atoms with Gasteiger partial charge in [-0.1, -0.05) is 143 Å². The molecule has 0 atom stereocenters. The molecule has 0 radical (unpaired) electrons. The third-order valence-corrected chi connectivity index (χ3v) is 7.61. The molecule has 0 aromatic rings. The van der Waals surface area contributed by atoms with Crippen LogP contribution in [-0.4, -0.2) is 32.9 Å². The van der Waals surface area contributed by atoms with E-state index in [1.165, 1.54) is 148 Å². The predicted octanol–water partition coefficient (Wildman–Crippen LogP) is 12.1. The summed E-state index contributed by atoms with van der Waals surface area (Å²) < 4.78 is 23.0. The van der Waals surface area contributed by atoms with Gasteiger partial charge in [-0.15, -0.1) is 0 Å². The van der Waals surface area contributed by atoms with Gasteiger partial charge in [0.05, 0.1) is 12.9 Å². The van der Waals surface area contributed by atoms with Crippen LogP contribution in [0.15, 0.2) is 12.3 Å². The first-order valence-electron chi connectivity index (χ1n) is 17.9. The van der Waals surface area contributed by atoms with E-state index in [0.717, 1.165) is 39.1 Å². The molecule has 0 aliphatic carbocycles. The standard InChI is InChI=1S/C36H72O4/c1-4-7-9-11-19-24-28-33-39-36(40-34-29-25-20-12-10-8-5-2)30-26-22-18-16-14-13-15-17-21-23-27-32-38-35-37-31-6-3/h27,32,36H,4-26,28-31,33-35H2,1-3H3. The van der Waals surface area contributed by atoms with Crippen molar-refractivity contribution in [1.29, 1.82) is 0 Å². The number of unbranched alkanes of at least 4 members (excludes halogenated alkanes) is 21. The average Bonchev–Trinajstić information content (AvgIpc) is 2.97. The Hall–Kier alpha value is -0.580. The van der Waals surface area contributed by atoms with E-state index in [0.29, 0.717) is 6.79 Å². The Bertz CT molecular complexity index is 448. The molecule has 0 saturated carbocycles. The Labute approximate surface area is 251 Å². The highest BCUT2D eigenvalue weighted by Crippen LogP contribution is 2.15. The summed E-state index contributed by atoms with van der Waals surface area (Å²) >= 11 is 0. The maximum absolute atomic E-state index is 6.22. The van der Waals surface area contributed by atoms with Gasteiger partial charge in [0.2, 0.25) is 0 Å². The molecular weight excluding hydrogens is 496 g/mol. The molecule has 0 fully saturated rings. The van der Waals surface area contributed by atoms with Crippen molar-refractivity contribution >= 4 is 0 Å². The van der Waals surface area contributed by atoms with Crippen LogP contribution in [0.5, 0.6) is 0 Å². The Morgan fingerprint density at radius 2 is 0.900 bits per heavy atom. The monoisotopic (exact) mass is 569 g/mol. The van der Waals surface area contributed by atoms with Crippen LogP contribution >= 0.6 is 0 Å². The Morgan fingerprint density at radius 3 is 1.40 bits per heavy atom. The van der Waals surface area contributed by atoms with Crippen LogP contribution in [0.4, 0.5) is 0 Å². The summed E-state index contributed by atoms with van der Waals surface area (Å²) in [6, 6.07) is 0. The first-order chi connectivity index (χ1) is 19.8. The van der Waals surface area contributed by atoms with Gasteiger partial charge < -0.3 is 18.9 Å². The van der Waals surface area contributed by atoms with Gasteiger partial charge in [-0.25, -0.2) is 0 Å². The maximum Gasteiger partial charge on any atom is 0.188 e. The summed E-state index contributed by atoms with van der Waals surface area (Å²) in [6.45, 7) is 9.56. The summed E-state index contributed by atoms with van der Waals surface area (Å²) in [6.07, 6.45) is 37.7. The van der Waals surface area contributed by atoms with Crippen LogP contribution in [0.25, 0.3) is 0 Å². The van der Waals surface area contributed by atoms with Crippen molar-refractivity contribution < 1.29 is 18.9 Å². The lowest BCUT2D eigenvalue weighted by molar-refractivity contribution is -0.148. The van der Waals surface area contributed by atoms with E-state index >= 15 is 0 Å². The largest absolute Gasteiger partial charge is 0.475 e. The zero-order chi connectivity index (χ0) is 29.0. The molecule has 0 heterocycles. The zero-order valence-electron chi connectivity index (χ0n) is 27.6. The van der Waals surface area contributed by atoms with Gasteiger partial charge in [-0.2, -0.15) is 0 Å². The van der Waals surface area contributed by atoms with Crippen LogP contribution in [0.3, 0.4) is 0 Å². The Morgan fingerprint density at radius 1 is 0.450 bits per heavy atom. The minimum Gasteiger partial charge on any atom is -0.475 e. The quantitative estimate of drug-likeness (QED) is 0.0433. The van der Waals surface area contributed by atoms with E-state index in [9.17, 15) is 0 Å². The molecule has 0 aromatic carbocycles. The first kappa shape index (κ1) is 39.4. The Kier molecular flexibility index (Phi) is 35.9. The molecule has 0 amide bonds. The van der Waals surface area contributed by atoms with Crippen LogP contribution in [0.1, 0.15) is 188 Å². The lowest BCUT2D eigenvalue weighted by Crippen LogP contribution is -2.19. The van der Waals surface area contributed by atoms with Gasteiger partial charge in [-0.3, -0.25) is 0 Å². The molecule has 0 saturated heterocycles. The third-order valence-electron chi connectivity index (χ3n) is 7.61. The maximum atomic E-state index is 6.22. The second-order valence-electron chi connectivity index (χ2n) is 11.7. The molecule has 240 valence electrons. The number of rotatable bonds is 35. The molecule has 4 nitrogen and oxygen atoms in total. The van der Waals surface area contributed by atoms with Gasteiger partial charge in [-0.05, 0) is 51.0 Å². The van der Waals surface area contributed by atoms with Crippen molar-refractivity contribution in [2.24, 2.45) is 0 Å². The number of hydrogen-bond donors (Lipinski definition) is 0. The Balaban J connectivity index is 3.77. The summed E-state index contributed by atoms with van der Waals surface area (Å²) in [4.78, 5) is 0. The fourth-order valence-corrected chi connectivity index (χ4v) is 5.00. The van der Waals surface area contributed by atoms with E-state index < -0.39 is 0 Å². The predicted molar refractivity (Wildman–Crippen MR) is 174 cm³/mol. The van der Waals surface area contributed by atoms with Crippen LogP contribution < -0.4 is 0 Å². The summed E-state index contributed by atoms with van der Waals surface area (Å²) in [5.41, 5.74) is 0. The summed E-state index contributed by atoms with van der Waals surface area (Å²) in [5.74, 6) is 0. The van der Waals surface area contributed by atoms with Crippen LogP contribution in [-0.2, 0) is 18.9 Å². The molecular formula is C36H72O4. The normalized spacial score (nSPS) is 11.8. The summed E-state index contributed by atoms with van der Waals surface area (Å²) in [5, 5.41) is 0. The second-order valence-corrected chi connectivity index (χ2v) is 11.7. The molecule has 0 aliphatic rings. The van der Waals surface area contributed by atoms with Crippen molar-refractivity contribution in [2.75, 3.05) is 26.6 Å². The third kappa shape index (κ3) is 33.6. The molecule has 4 heteroatoms. The van der Waals surface area contributed by atoms with E-state index in [-0.39, 0.29) is 6.29 Å². The fourth-order valence-electron chi connectivity index (χ4n) is 5.00. The second kappa shape index (κ2) is 36.4. The molecule has 0 spiro atoms. The van der Waals surface area contributed by atoms with E-state index in [4.69, 9.17) is 18.9 Å². The highest BCUT2D eigenvalue weighted by atomic mass is 16.7. The van der Waals surface area contributed by atoms with Crippen LogP contribution in [0.2, 0.25) is 0 Å². The van der Waals surface area contributed by atoms with Gasteiger partial charge in [0.15, 0.2) is 13.1 Å². The number of ether oxygens (including phenoxy) is 4. The highest BCUT2D eigenvalue weighted by molar-refractivity contribution is 4.72. The lowest BCUT2D eigenvalue weighted by Gasteiger charge is -2.19. The SMILES string of the molecule is CCCCCCCCCOC(CCCCCCCCCCCC=COCOCCC)OCCCCCCCCC. The number of hydrogen-bond acceptors (Lipinski definition) is 4. The molecule has 0 unspecified atom stereocenters. The minimum atomic E-state index is 0.0171. The van der Waals surface area contributed by atoms with Crippen molar-refractivity contribution in [1.82, 2.24) is 0 Å². The molecule has 0 rings (SSSR count). The van der Waals surface area contributed by atoms with E-state index in [1.54, 1.807) is 6.26 Å². The van der Waals surface area contributed by atoms with Gasteiger partial charge >= 0.3 is 0 Å². The van der Waals surface area contributed by atoms with E-state index in [2.05, 4.69) is 26.8 Å². The van der Waals surface area contributed by atoms with Gasteiger partial charge in [0, 0.05) is 13.2 Å². The van der Waals surface area contributed by atoms with E-state index in [1.807, 2.05) is 0 Å². The minimum absolute atomic E-state index is 0.0171. The van der Waals surface area contributed by atoms with Gasteiger partial charge in [0.25, 0.3) is 0 Å². The smallest absolute Gasteiger partial charge is 0.188 e. The molecule has 0 aliphatic heterocycles.